The first-order chi connectivity index (χ1) is 10.1. The molecule has 0 unspecified atom stereocenters. The quantitative estimate of drug-likeness (QED) is 0.554. The van der Waals surface area contributed by atoms with Crippen molar-refractivity contribution in [3.8, 4) is 0 Å². The number of halogens is 3. The van der Waals surface area contributed by atoms with E-state index in [0.29, 0.717) is 22.8 Å². The number of rotatable bonds is 2. The Morgan fingerprint density at radius 1 is 1.00 bits per heavy atom. The highest BCUT2D eigenvalue weighted by molar-refractivity contribution is 5.99. The van der Waals surface area contributed by atoms with Gasteiger partial charge in [0.05, 0.1) is 17.1 Å². The van der Waals surface area contributed by atoms with Crippen molar-refractivity contribution in [3.63, 3.8) is 0 Å². The first-order valence-electron chi connectivity index (χ1n) is 6.10. The highest BCUT2D eigenvalue weighted by Crippen LogP contribution is 2.31. The minimum absolute atomic E-state index is 0.312. The molecule has 0 atom stereocenters. The van der Waals surface area contributed by atoms with Gasteiger partial charge >= 0.3 is 0 Å². The Morgan fingerprint density at radius 3 is 2.62 bits per heavy atom. The number of aromatic nitrogens is 1. The van der Waals surface area contributed by atoms with Crippen molar-refractivity contribution in [1.29, 1.82) is 0 Å². The lowest BCUT2D eigenvalue weighted by Crippen LogP contribution is -2.01. The van der Waals surface area contributed by atoms with Crippen LogP contribution in [0.25, 0.3) is 10.8 Å². The summed E-state index contributed by atoms with van der Waals surface area (Å²) < 4.78 is 40.0. The van der Waals surface area contributed by atoms with Crippen molar-refractivity contribution in [3.05, 3.63) is 60.2 Å². The van der Waals surface area contributed by atoms with Crippen molar-refractivity contribution in [2.75, 3.05) is 11.1 Å². The van der Waals surface area contributed by atoms with Gasteiger partial charge in [-0.2, -0.15) is 0 Å². The van der Waals surface area contributed by atoms with Gasteiger partial charge in [-0.25, -0.2) is 13.2 Å². The molecule has 2 aromatic carbocycles. The molecule has 0 spiro atoms. The van der Waals surface area contributed by atoms with Gasteiger partial charge in [-0.15, -0.1) is 0 Å². The van der Waals surface area contributed by atoms with E-state index in [1.54, 1.807) is 30.6 Å². The maximum Gasteiger partial charge on any atom is 0.182 e. The molecule has 21 heavy (non-hydrogen) atoms. The van der Waals surface area contributed by atoms with Crippen LogP contribution in [0, 0.1) is 17.5 Å². The second kappa shape index (κ2) is 4.97. The van der Waals surface area contributed by atoms with E-state index in [1.165, 1.54) is 0 Å². The third kappa shape index (κ3) is 2.35. The SMILES string of the molecule is Nc1c(Nc2cc(F)cc(F)c2F)ccc2cnccc12. The maximum atomic E-state index is 13.7. The molecule has 3 rings (SSSR count). The average Bonchev–Trinajstić information content (AvgIpc) is 2.47. The number of fused-ring (bicyclic) bond motifs is 1. The number of nitrogens with two attached hydrogens (primary N) is 1. The number of hydrogen-bond acceptors (Lipinski definition) is 3. The third-order valence-electron chi connectivity index (χ3n) is 3.12. The summed E-state index contributed by atoms with van der Waals surface area (Å²) in [4.78, 5) is 3.97. The summed E-state index contributed by atoms with van der Waals surface area (Å²) in [5, 5.41) is 4.14. The Kier molecular flexibility index (Phi) is 3.13. The molecule has 0 aliphatic carbocycles. The van der Waals surface area contributed by atoms with Gasteiger partial charge in [0.2, 0.25) is 0 Å². The fourth-order valence-electron chi connectivity index (χ4n) is 2.09. The number of pyridine rings is 1. The highest BCUT2D eigenvalue weighted by Gasteiger charge is 2.13. The van der Waals surface area contributed by atoms with E-state index in [0.717, 1.165) is 11.5 Å². The van der Waals surface area contributed by atoms with Gasteiger partial charge in [0.15, 0.2) is 11.6 Å². The van der Waals surface area contributed by atoms with Crippen LogP contribution in [0.4, 0.5) is 30.2 Å². The van der Waals surface area contributed by atoms with E-state index in [1.807, 2.05) is 0 Å². The van der Waals surface area contributed by atoms with E-state index in [2.05, 4.69) is 10.3 Å². The third-order valence-corrected chi connectivity index (χ3v) is 3.12. The van der Waals surface area contributed by atoms with Crippen molar-refractivity contribution in [2.24, 2.45) is 0 Å². The van der Waals surface area contributed by atoms with Gasteiger partial charge in [-0.05, 0) is 12.1 Å². The average molecular weight is 289 g/mol. The van der Waals surface area contributed by atoms with Crippen LogP contribution in [0.15, 0.2) is 42.7 Å². The topological polar surface area (TPSA) is 50.9 Å². The van der Waals surface area contributed by atoms with E-state index in [-0.39, 0.29) is 5.69 Å². The summed E-state index contributed by atoms with van der Waals surface area (Å²) in [6.07, 6.45) is 3.21. The Balaban J connectivity index is 2.08. The molecule has 3 N–H and O–H groups in total. The molecule has 0 fully saturated rings. The van der Waals surface area contributed by atoms with Gasteiger partial charge in [-0.3, -0.25) is 4.98 Å². The lowest BCUT2D eigenvalue weighted by molar-refractivity contribution is 0.498. The summed E-state index contributed by atoms with van der Waals surface area (Å²) in [6.45, 7) is 0. The lowest BCUT2D eigenvalue weighted by atomic mass is 10.1. The van der Waals surface area contributed by atoms with Crippen LogP contribution in [0.3, 0.4) is 0 Å². The summed E-state index contributed by atoms with van der Waals surface area (Å²) in [5.41, 5.74) is 6.39. The Hall–Kier alpha value is -2.76. The minimum atomic E-state index is -1.26. The van der Waals surface area contributed by atoms with Crippen LogP contribution < -0.4 is 11.1 Å². The Bertz CT molecular complexity index is 834. The number of benzene rings is 2. The van der Waals surface area contributed by atoms with Crippen molar-refractivity contribution >= 4 is 27.8 Å². The van der Waals surface area contributed by atoms with Gasteiger partial charge in [0, 0.05) is 35.3 Å². The van der Waals surface area contributed by atoms with Crippen molar-refractivity contribution < 1.29 is 13.2 Å². The molecule has 0 bridgehead atoms. The van der Waals surface area contributed by atoms with Gasteiger partial charge in [0.1, 0.15) is 5.82 Å². The van der Waals surface area contributed by atoms with E-state index < -0.39 is 17.5 Å². The zero-order valence-electron chi connectivity index (χ0n) is 10.7. The van der Waals surface area contributed by atoms with Gasteiger partial charge in [0.25, 0.3) is 0 Å². The molecule has 0 aliphatic heterocycles. The molecule has 6 heteroatoms. The fraction of sp³-hybridized carbons (Fsp3) is 0. The Labute approximate surface area is 118 Å². The van der Waals surface area contributed by atoms with E-state index >= 15 is 0 Å². The second-order valence-electron chi connectivity index (χ2n) is 4.50. The smallest absolute Gasteiger partial charge is 0.182 e. The summed E-state index contributed by atoms with van der Waals surface area (Å²) >= 11 is 0. The Morgan fingerprint density at radius 2 is 1.81 bits per heavy atom. The molecular formula is C15H10F3N3. The fourth-order valence-corrected chi connectivity index (χ4v) is 2.09. The van der Waals surface area contributed by atoms with Crippen molar-refractivity contribution in [1.82, 2.24) is 4.98 Å². The highest BCUT2D eigenvalue weighted by atomic mass is 19.2. The number of nitrogens with one attached hydrogen (secondary N) is 1. The zero-order chi connectivity index (χ0) is 15.0. The maximum absolute atomic E-state index is 13.7. The normalized spacial score (nSPS) is 10.8. The molecule has 0 radical (unpaired) electrons. The van der Waals surface area contributed by atoms with Crippen LogP contribution in [-0.4, -0.2) is 4.98 Å². The molecule has 0 aliphatic rings. The standard InChI is InChI=1S/C15H10F3N3/c16-9-5-11(17)14(18)13(6-9)21-12-2-1-8-7-20-4-3-10(8)15(12)19/h1-7,21H,19H2. The van der Waals surface area contributed by atoms with Gasteiger partial charge in [-0.1, -0.05) is 6.07 Å². The molecule has 3 aromatic rings. The van der Waals surface area contributed by atoms with Gasteiger partial charge < -0.3 is 11.1 Å². The number of nitrogens with zero attached hydrogens (tertiary/aromatic N) is 1. The molecule has 0 saturated heterocycles. The van der Waals surface area contributed by atoms with E-state index in [4.69, 9.17) is 5.73 Å². The molecule has 0 amide bonds. The van der Waals surface area contributed by atoms with Crippen molar-refractivity contribution in [2.45, 2.75) is 0 Å². The van der Waals surface area contributed by atoms with Crippen LogP contribution in [0.5, 0.6) is 0 Å². The summed E-state index contributed by atoms with van der Waals surface area (Å²) in [7, 11) is 0. The molecule has 1 aromatic heterocycles. The van der Waals surface area contributed by atoms with Crippen LogP contribution in [-0.2, 0) is 0 Å². The molecule has 0 saturated carbocycles. The first-order valence-corrected chi connectivity index (χ1v) is 6.10. The number of anilines is 3. The van der Waals surface area contributed by atoms with Crippen LogP contribution in [0.2, 0.25) is 0 Å². The summed E-state index contributed by atoms with van der Waals surface area (Å²) in [5.74, 6) is -3.30. The van der Waals surface area contributed by atoms with E-state index in [9.17, 15) is 13.2 Å². The number of hydrogen-bond donors (Lipinski definition) is 2. The lowest BCUT2D eigenvalue weighted by Gasteiger charge is -2.12. The summed E-state index contributed by atoms with van der Waals surface area (Å²) in [6, 6.07) is 6.39. The largest absolute Gasteiger partial charge is 0.397 e. The monoisotopic (exact) mass is 289 g/mol. The minimum Gasteiger partial charge on any atom is -0.397 e. The predicted molar refractivity (Wildman–Crippen MR) is 75.8 cm³/mol. The molecule has 3 nitrogen and oxygen atoms in total. The zero-order valence-corrected chi connectivity index (χ0v) is 10.7. The predicted octanol–water partition coefficient (Wildman–Crippen LogP) is 3.98. The first kappa shape index (κ1) is 13.2. The van der Waals surface area contributed by atoms with Crippen LogP contribution in [0.1, 0.15) is 0 Å². The molecule has 106 valence electrons. The van der Waals surface area contributed by atoms with Crippen LogP contribution >= 0.6 is 0 Å². The molecule has 1 heterocycles. The second-order valence-corrected chi connectivity index (χ2v) is 4.50. The molecular weight excluding hydrogens is 279 g/mol. The number of nitrogen functional groups attached to an aromatic ring is 1.